The normalized spacial score (nSPS) is 11.7. The molecule has 3 N–H and O–H groups in total. The highest BCUT2D eigenvalue weighted by molar-refractivity contribution is 5.85. The molecule has 1 atom stereocenters. The van der Waals surface area contributed by atoms with E-state index in [2.05, 4.69) is 16.5 Å². The highest BCUT2D eigenvalue weighted by Crippen LogP contribution is 2.22. The van der Waals surface area contributed by atoms with E-state index >= 15 is 0 Å². The number of aliphatic hydroxyl groups excluding tert-OH is 1. The van der Waals surface area contributed by atoms with Crippen molar-refractivity contribution < 1.29 is 5.11 Å². The largest absolute Gasteiger partial charge is 0.399 e. The van der Waals surface area contributed by atoms with Gasteiger partial charge in [0.15, 0.2) is 0 Å². The molecule has 4 nitrogen and oxygen atoms in total. The van der Waals surface area contributed by atoms with E-state index in [-0.39, 0.29) is 24.8 Å². The van der Waals surface area contributed by atoms with Crippen molar-refractivity contribution in [2.75, 3.05) is 5.73 Å². The Morgan fingerprint density at radius 1 is 1.39 bits per heavy atom. The number of nitrogens with zero attached hydrogens (tertiary/aromatic N) is 2. The Hall–Kier alpha value is -0.970. The van der Waals surface area contributed by atoms with Crippen LogP contribution in [0.2, 0.25) is 0 Å². The van der Waals surface area contributed by atoms with Gasteiger partial charge in [-0.1, -0.05) is 6.92 Å². The van der Waals surface area contributed by atoms with Gasteiger partial charge in [0.05, 0.1) is 11.0 Å². The third-order valence-electron chi connectivity index (χ3n) is 2.62. The Morgan fingerprint density at radius 2 is 2.06 bits per heavy atom. The molecule has 0 aliphatic rings. The van der Waals surface area contributed by atoms with Crippen LogP contribution in [0.3, 0.4) is 0 Å². The smallest absolute Gasteiger partial charge is 0.138 e. The van der Waals surface area contributed by atoms with Gasteiger partial charge in [-0.25, -0.2) is 4.98 Å². The summed E-state index contributed by atoms with van der Waals surface area (Å²) in [6.45, 7) is 4.70. The van der Waals surface area contributed by atoms with Crippen LogP contribution in [0.1, 0.15) is 32.2 Å². The second-order valence-electron chi connectivity index (χ2n) is 4.05. The summed E-state index contributed by atoms with van der Waals surface area (Å²) in [5.41, 5.74) is 8.31. The van der Waals surface area contributed by atoms with Gasteiger partial charge in [0.25, 0.3) is 0 Å². The van der Waals surface area contributed by atoms with E-state index in [4.69, 9.17) is 5.73 Å². The average molecular weight is 292 g/mol. The summed E-state index contributed by atoms with van der Waals surface area (Å²) >= 11 is 0. The highest BCUT2D eigenvalue weighted by atomic mass is 35.5. The lowest BCUT2D eigenvalue weighted by molar-refractivity contribution is 0.184. The minimum Gasteiger partial charge on any atom is -0.399 e. The number of aromatic nitrogens is 2. The predicted octanol–water partition coefficient (Wildman–Crippen LogP) is 2.93. The van der Waals surface area contributed by atoms with E-state index in [0.29, 0.717) is 11.5 Å². The summed E-state index contributed by atoms with van der Waals surface area (Å²) in [4.78, 5) is 4.42. The van der Waals surface area contributed by atoms with Crippen molar-refractivity contribution in [1.29, 1.82) is 0 Å². The van der Waals surface area contributed by atoms with Crippen LogP contribution in [0.4, 0.5) is 5.69 Å². The van der Waals surface area contributed by atoms with Crippen LogP contribution >= 0.6 is 24.8 Å². The minimum absolute atomic E-state index is 0. The van der Waals surface area contributed by atoms with Crippen molar-refractivity contribution in [3.8, 4) is 0 Å². The first-order valence-corrected chi connectivity index (χ1v) is 5.57. The van der Waals surface area contributed by atoms with E-state index in [1.165, 1.54) is 0 Å². The molecular weight excluding hydrogens is 273 g/mol. The van der Waals surface area contributed by atoms with Crippen molar-refractivity contribution in [2.45, 2.75) is 32.9 Å². The van der Waals surface area contributed by atoms with E-state index in [0.717, 1.165) is 24.0 Å². The number of hydrogen-bond acceptors (Lipinski definition) is 3. The number of benzene rings is 1. The number of nitrogens with two attached hydrogens (primary N) is 1. The molecule has 1 aromatic carbocycles. The molecule has 2 aromatic rings. The van der Waals surface area contributed by atoms with Crippen LogP contribution < -0.4 is 5.73 Å². The van der Waals surface area contributed by atoms with Crippen LogP contribution in [0.25, 0.3) is 11.0 Å². The molecule has 2 rings (SSSR count). The van der Waals surface area contributed by atoms with Crippen molar-refractivity contribution >= 4 is 41.5 Å². The number of aliphatic hydroxyl groups is 1. The molecule has 0 radical (unpaired) electrons. The van der Waals surface area contributed by atoms with Gasteiger partial charge in [-0.3, -0.25) is 0 Å². The van der Waals surface area contributed by atoms with E-state index < -0.39 is 6.10 Å². The maximum absolute atomic E-state index is 9.69. The summed E-state index contributed by atoms with van der Waals surface area (Å²) < 4.78 is 2.05. The fraction of sp³-hybridized carbons (Fsp3) is 0.417. The summed E-state index contributed by atoms with van der Waals surface area (Å²) in [5.74, 6) is 0.711. The maximum Gasteiger partial charge on any atom is 0.138 e. The lowest BCUT2D eigenvalue weighted by Crippen LogP contribution is -2.06. The van der Waals surface area contributed by atoms with Crippen LogP contribution in [-0.2, 0) is 6.54 Å². The molecule has 1 heterocycles. The molecule has 0 saturated carbocycles. The van der Waals surface area contributed by atoms with Gasteiger partial charge in [-0.15, -0.1) is 24.8 Å². The molecule has 0 aliphatic carbocycles. The van der Waals surface area contributed by atoms with Crippen LogP contribution in [0, 0.1) is 0 Å². The second-order valence-corrected chi connectivity index (χ2v) is 4.05. The first-order chi connectivity index (χ1) is 7.63. The lowest BCUT2D eigenvalue weighted by atomic mass is 10.3. The zero-order chi connectivity index (χ0) is 11.7. The zero-order valence-electron chi connectivity index (χ0n) is 10.5. The van der Waals surface area contributed by atoms with Gasteiger partial charge in [0.1, 0.15) is 11.9 Å². The predicted molar refractivity (Wildman–Crippen MR) is 79.6 cm³/mol. The maximum atomic E-state index is 9.69. The number of halogens is 2. The number of rotatable bonds is 3. The van der Waals surface area contributed by atoms with Crippen LogP contribution in [0.5, 0.6) is 0 Å². The summed E-state index contributed by atoms with van der Waals surface area (Å²) in [6.07, 6.45) is 0.454. The Labute approximate surface area is 119 Å². The van der Waals surface area contributed by atoms with E-state index in [1.807, 2.05) is 18.2 Å². The van der Waals surface area contributed by atoms with Gasteiger partial charge in [0.2, 0.25) is 0 Å². The fourth-order valence-corrected chi connectivity index (χ4v) is 1.94. The zero-order valence-corrected chi connectivity index (χ0v) is 12.1. The number of hydrogen-bond donors (Lipinski definition) is 2. The fourth-order valence-electron chi connectivity index (χ4n) is 1.94. The molecule has 1 unspecified atom stereocenters. The summed E-state index contributed by atoms with van der Waals surface area (Å²) in [5, 5.41) is 9.69. The monoisotopic (exact) mass is 291 g/mol. The number of imidazole rings is 1. The van der Waals surface area contributed by atoms with E-state index in [9.17, 15) is 5.11 Å². The van der Waals surface area contributed by atoms with Gasteiger partial charge < -0.3 is 15.4 Å². The van der Waals surface area contributed by atoms with Crippen LogP contribution in [0.15, 0.2) is 18.2 Å². The number of aryl methyl sites for hydroxylation is 1. The van der Waals surface area contributed by atoms with Gasteiger partial charge in [-0.2, -0.15) is 0 Å². The molecule has 0 bridgehead atoms. The SMILES string of the molecule is CCCn1c(C(C)O)nc2cc(N)ccc21.Cl.Cl. The molecule has 0 amide bonds. The highest BCUT2D eigenvalue weighted by Gasteiger charge is 2.13. The third-order valence-corrected chi connectivity index (χ3v) is 2.62. The Bertz CT molecular complexity index is 511. The minimum atomic E-state index is -0.555. The van der Waals surface area contributed by atoms with Crippen molar-refractivity contribution in [3.05, 3.63) is 24.0 Å². The van der Waals surface area contributed by atoms with Crippen molar-refractivity contribution in [2.24, 2.45) is 0 Å². The van der Waals surface area contributed by atoms with Crippen LogP contribution in [-0.4, -0.2) is 14.7 Å². The average Bonchev–Trinajstić information content (AvgIpc) is 2.57. The first-order valence-electron chi connectivity index (χ1n) is 5.57. The molecule has 0 spiro atoms. The molecule has 0 aliphatic heterocycles. The Kier molecular flexibility index (Phi) is 6.46. The van der Waals surface area contributed by atoms with Gasteiger partial charge >= 0.3 is 0 Å². The molecule has 18 heavy (non-hydrogen) atoms. The molecule has 0 fully saturated rings. The van der Waals surface area contributed by atoms with E-state index in [1.54, 1.807) is 6.92 Å². The number of anilines is 1. The molecule has 0 saturated heterocycles. The Balaban J connectivity index is 0.00000144. The quantitative estimate of drug-likeness (QED) is 0.855. The third kappa shape index (κ3) is 3.07. The van der Waals surface area contributed by atoms with Crippen molar-refractivity contribution in [1.82, 2.24) is 9.55 Å². The van der Waals surface area contributed by atoms with Crippen molar-refractivity contribution in [3.63, 3.8) is 0 Å². The number of nitrogen functional groups attached to an aromatic ring is 1. The molecule has 1 aromatic heterocycles. The first kappa shape index (κ1) is 17.0. The second kappa shape index (κ2) is 6.83. The molecular formula is C12H19Cl2N3O. The van der Waals surface area contributed by atoms with Gasteiger partial charge in [-0.05, 0) is 31.5 Å². The molecule has 102 valence electrons. The Morgan fingerprint density at radius 3 is 2.61 bits per heavy atom. The lowest BCUT2D eigenvalue weighted by Gasteiger charge is -2.09. The summed E-state index contributed by atoms with van der Waals surface area (Å²) in [6, 6.07) is 5.66. The molecule has 6 heteroatoms. The standard InChI is InChI=1S/C12H17N3O.2ClH/c1-3-6-15-11-5-4-9(13)7-10(11)14-12(15)8(2)16;;/h4-5,7-8,16H,3,6,13H2,1-2H3;2*1H. The summed E-state index contributed by atoms with van der Waals surface area (Å²) in [7, 11) is 0. The van der Waals surface area contributed by atoms with Gasteiger partial charge in [0, 0.05) is 12.2 Å². The number of fused-ring (bicyclic) bond motifs is 1. The topological polar surface area (TPSA) is 64.1 Å².